The summed E-state index contributed by atoms with van der Waals surface area (Å²) in [6.45, 7) is 0.253. The first-order valence-corrected chi connectivity index (χ1v) is 9.67. The van der Waals surface area contributed by atoms with Crippen LogP contribution in [0.3, 0.4) is 0 Å². The molecular formula is C22H27FN2O. The van der Waals surface area contributed by atoms with E-state index in [1.165, 1.54) is 30.9 Å². The highest BCUT2D eigenvalue weighted by Crippen LogP contribution is 2.42. The molecular weight excluding hydrogens is 327 g/mol. The lowest BCUT2D eigenvalue weighted by Crippen LogP contribution is -2.38. The molecule has 2 aromatic carbocycles. The van der Waals surface area contributed by atoms with Crippen LogP contribution < -0.4 is 15.8 Å². The zero-order valence-corrected chi connectivity index (χ0v) is 15.0. The topological polar surface area (TPSA) is 47.3 Å². The Hall–Kier alpha value is -1.91. The number of hydrogen-bond acceptors (Lipinski definition) is 3. The summed E-state index contributed by atoms with van der Waals surface area (Å²) in [5.74, 6) is 1.16. The molecule has 0 heterocycles. The summed E-state index contributed by atoms with van der Waals surface area (Å²) in [5.41, 5.74) is 7.92. The van der Waals surface area contributed by atoms with Gasteiger partial charge in [0.2, 0.25) is 0 Å². The monoisotopic (exact) mass is 354 g/mol. The predicted octanol–water partition coefficient (Wildman–Crippen LogP) is 4.12. The second kappa shape index (κ2) is 7.77. The van der Waals surface area contributed by atoms with Crippen molar-refractivity contribution in [3.63, 3.8) is 0 Å². The molecule has 0 saturated heterocycles. The molecule has 0 aliphatic heterocycles. The van der Waals surface area contributed by atoms with E-state index in [0.717, 1.165) is 18.6 Å². The second-order valence-corrected chi connectivity index (χ2v) is 7.68. The zero-order chi connectivity index (χ0) is 17.9. The van der Waals surface area contributed by atoms with Crippen LogP contribution in [0.25, 0.3) is 0 Å². The highest BCUT2D eigenvalue weighted by molar-refractivity contribution is 5.34. The van der Waals surface area contributed by atoms with Gasteiger partial charge in [0.05, 0.1) is 0 Å². The van der Waals surface area contributed by atoms with Crippen LogP contribution in [0, 0.1) is 5.82 Å². The third kappa shape index (κ3) is 4.25. The fraction of sp³-hybridized carbons (Fsp3) is 0.455. The number of rotatable bonds is 6. The lowest BCUT2D eigenvalue weighted by molar-refractivity contribution is 0.300. The van der Waals surface area contributed by atoms with Crippen molar-refractivity contribution in [3.05, 3.63) is 65.5 Å². The van der Waals surface area contributed by atoms with Gasteiger partial charge in [0.25, 0.3) is 0 Å². The van der Waals surface area contributed by atoms with E-state index in [-0.39, 0.29) is 12.4 Å². The van der Waals surface area contributed by atoms with Gasteiger partial charge in [0.1, 0.15) is 18.2 Å². The average Bonchev–Trinajstić information content (AvgIpc) is 3.43. The highest BCUT2D eigenvalue weighted by Gasteiger charge is 2.39. The molecule has 0 radical (unpaired) electrons. The smallest absolute Gasteiger partial charge is 0.129 e. The van der Waals surface area contributed by atoms with Crippen molar-refractivity contribution in [1.29, 1.82) is 0 Å². The molecule has 2 fully saturated rings. The Labute approximate surface area is 154 Å². The van der Waals surface area contributed by atoms with Gasteiger partial charge >= 0.3 is 0 Å². The molecule has 3 N–H and O–H groups in total. The molecule has 138 valence electrons. The van der Waals surface area contributed by atoms with Crippen molar-refractivity contribution in [2.75, 3.05) is 0 Å². The van der Waals surface area contributed by atoms with E-state index in [1.807, 2.05) is 18.2 Å². The maximum Gasteiger partial charge on any atom is 0.129 e. The van der Waals surface area contributed by atoms with Crippen molar-refractivity contribution < 1.29 is 9.13 Å². The number of ether oxygens (including phenoxy) is 1. The molecule has 1 unspecified atom stereocenters. The lowest BCUT2D eigenvalue weighted by atomic mass is 9.92. The van der Waals surface area contributed by atoms with Crippen LogP contribution in [0.15, 0.2) is 48.5 Å². The Morgan fingerprint density at radius 1 is 1.00 bits per heavy atom. The molecule has 2 aromatic rings. The largest absolute Gasteiger partial charge is 0.489 e. The quantitative estimate of drug-likeness (QED) is 0.820. The van der Waals surface area contributed by atoms with Gasteiger partial charge in [-0.15, -0.1) is 0 Å². The number of nitrogens with one attached hydrogen (secondary N) is 1. The van der Waals surface area contributed by atoms with Crippen molar-refractivity contribution in [1.82, 2.24) is 5.32 Å². The number of benzene rings is 2. The number of nitrogens with two attached hydrogens (primary N) is 1. The van der Waals surface area contributed by atoms with Crippen molar-refractivity contribution in [3.8, 4) is 5.75 Å². The minimum atomic E-state index is -0.223. The van der Waals surface area contributed by atoms with E-state index in [9.17, 15) is 4.39 Å². The van der Waals surface area contributed by atoms with Crippen LogP contribution in [-0.2, 0) is 6.61 Å². The van der Waals surface area contributed by atoms with Crippen molar-refractivity contribution >= 4 is 0 Å². The van der Waals surface area contributed by atoms with Gasteiger partial charge in [-0.25, -0.2) is 4.39 Å². The molecule has 2 aliphatic carbocycles. The fourth-order valence-corrected chi connectivity index (χ4v) is 3.92. The number of hydrogen-bond donors (Lipinski definition) is 2. The molecule has 0 spiro atoms. The van der Waals surface area contributed by atoms with Gasteiger partial charge < -0.3 is 15.8 Å². The Kier molecular flexibility index (Phi) is 5.23. The van der Waals surface area contributed by atoms with E-state index < -0.39 is 0 Å². The molecule has 4 heteroatoms. The molecule has 3 nitrogen and oxygen atoms in total. The summed E-state index contributed by atoms with van der Waals surface area (Å²) >= 11 is 0. The lowest BCUT2D eigenvalue weighted by Gasteiger charge is -2.27. The second-order valence-electron chi connectivity index (χ2n) is 7.68. The van der Waals surface area contributed by atoms with Crippen LogP contribution in [0.2, 0.25) is 0 Å². The van der Waals surface area contributed by atoms with Gasteiger partial charge in [-0.2, -0.15) is 0 Å². The van der Waals surface area contributed by atoms with E-state index in [4.69, 9.17) is 10.5 Å². The first-order valence-electron chi connectivity index (χ1n) is 9.67. The Balaban J connectivity index is 1.27. The maximum absolute atomic E-state index is 13.6. The van der Waals surface area contributed by atoms with Crippen molar-refractivity contribution in [2.24, 2.45) is 5.73 Å². The molecule has 2 atom stereocenters. The van der Waals surface area contributed by atoms with Gasteiger partial charge in [-0.3, -0.25) is 0 Å². The summed E-state index contributed by atoms with van der Waals surface area (Å²) in [6, 6.07) is 16.6. The van der Waals surface area contributed by atoms with E-state index >= 15 is 0 Å². The van der Waals surface area contributed by atoms with Gasteiger partial charge in [-0.1, -0.05) is 30.3 Å². The van der Waals surface area contributed by atoms with Crippen LogP contribution in [0.1, 0.15) is 49.1 Å². The molecule has 0 bridgehead atoms. The minimum absolute atomic E-state index is 0.223. The summed E-state index contributed by atoms with van der Waals surface area (Å²) in [6.07, 6.45) is 5.89. The minimum Gasteiger partial charge on any atom is -0.489 e. The fourth-order valence-electron chi connectivity index (χ4n) is 3.92. The maximum atomic E-state index is 13.6. The third-order valence-corrected chi connectivity index (χ3v) is 5.67. The Bertz CT molecular complexity index is 725. The zero-order valence-electron chi connectivity index (χ0n) is 15.0. The van der Waals surface area contributed by atoms with Crippen molar-refractivity contribution in [2.45, 2.75) is 62.8 Å². The SMILES string of the molecule is NC1CCC(NC2C[C@H]2c2ccc(OCc3ccccc3F)cc2)CC1. The van der Waals surface area contributed by atoms with Gasteiger partial charge in [0.15, 0.2) is 0 Å². The summed E-state index contributed by atoms with van der Waals surface area (Å²) in [5, 5.41) is 3.80. The Morgan fingerprint density at radius 2 is 1.73 bits per heavy atom. The summed E-state index contributed by atoms with van der Waals surface area (Å²) in [4.78, 5) is 0. The number of halogens is 1. The van der Waals surface area contributed by atoms with E-state index in [0.29, 0.717) is 29.6 Å². The van der Waals surface area contributed by atoms with Crippen LogP contribution in [-0.4, -0.2) is 18.1 Å². The molecule has 2 saturated carbocycles. The first kappa shape index (κ1) is 17.5. The average molecular weight is 354 g/mol. The van der Waals surface area contributed by atoms with Gasteiger partial charge in [-0.05, 0) is 55.9 Å². The van der Waals surface area contributed by atoms with Crippen LogP contribution >= 0.6 is 0 Å². The van der Waals surface area contributed by atoms with E-state index in [1.54, 1.807) is 12.1 Å². The van der Waals surface area contributed by atoms with E-state index in [2.05, 4.69) is 17.4 Å². The normalized spacial score (nSPS) is 27.9. The summed E-state index contributed by atoms with van der Waals surface area (Å²) in [7, 11) is 0. The molecule has 0 amide bonds. The van der Waals surface area contributed by atoms with Gasteiger partial charge in [0, 0.05) is 29.6 Å². The summed E-state index contributed by atoms with van der Waals surface area (Å²) < 4.78 is 19.4. The predicted molar refractivity (Wildman–Crippen MR) is 102 cm³/mol. The standard InChI is InChI=1S/C22H27FN2O/c23-21-4-2-1-3-16(21)14-26-19-11-5-15(6-12-19)20-13-22(20)25-18-9-7-17(24)8-10-18/h1-6,11-12,17-18,20,22,25H,7-10,13-14,24H2/t17?,18?,20-,22?/m0/s1. The molecule has 26 heavy (non-hydrogen) atoms. The highest BCUT2D eigenvalue weighted by atomic mass is 19.1. The first-order chi connectivity index (χ1) is 12.7. The van der Waals surface area contributed by atoms with Crippen LogP contribution in [0.5, 0.6) is 5.75 Å². The van der Waals surface area contributed by atoms with Crippen LogP contribution in [0.4, 0.5) is 4.39 Å². The molecule has 2 aliphatic rings. The molecule has 0 aromatic heterocycles. The Morgan fingerprint density at radius 3 is 2.46 bits per heavy atom. The molecule has 4 rings (SSSR count). The third-order valence-electron chi connectivity index (χ3n) is 5.67.